The van der Waals surface area contributed by atoms with Gasteiger partial charge in [-0.25, -0.2) is 24.0 Å². The van der Waals surface area contributed by atoms with Crippen molar-refractivity contribution < 1.29 is 49.5 Å². The van der Waals surface area contributed by atoms with Crippen LogP contribution >= 0.6 is 0 Å². The molecule has 0 atom stereocenters. The van der Waals surface area contributed by atoms with E-state index in [4.69, 9.17) is 25.5 Å². The third-order valence-corrected chi connectivity index (χ3v) is 0.873. The Balaban J connectivity index is -0.0000000290. The third-order valence-electron chi connectivity index (χ3n) is 0.873. The van der Waals surface area contributed by atoms with Gasteiger partial charge in [-0.2, -0.15) is 0 Å². The molecule has 0 aliphatic heterocycles. The van der Waals surface area contributed by atoms with Crippen molar-refractivity contribution in [1.29, 1.82) is 0 Å². The summed E-state index contributed by atoms with van der Waals surface area (Å²) in [6, 6.07) is 0. The quantitative estimate of drug-likeness (QED) is 0.276. The maximum absolute atomic E-state index is 9.25. The molecule has 0 fully saturated rings. The summed E-state index contributed by atoms with van der Waals surface area (Å²) < 4.78 is 0. The van der Waals surface area contributed by atoms with E-state index in [1.54, 1.807) is 0 Å². The summed E-state index contributed by atoms with van der Waals surface area (Å²) in [7, 11) is 0. The minimum absolute atomic E-state index is 0. The van der Waals surface area contributed by atoms with Crippen molar-refractivity contribution in [2.45, 2.75) is 0 Å². The molecule has 0 aromatic heterocycles. The molecule has 0 bridgehead atoms. The fraction of sp³-hybridized carbons (Fsp3) is 0. The fourth-order valence-electron chi connectivity index (χ4n) is 0. The zero-order valence-corrected chi connectivity index (χ0v) is 13.2. The van der Waals surface area contributed by atoms with Crippen molar-refractivity contribution in [3.05, 3.63) is 63.3 Å². The number of aliphatic carboxylic acids is 5. The molecule has 13 heteroatoms. The second kappa shape index (κ2) is 45.0. The van der Waals surface area contributed by atoms with Crippen LogP contribution in [0.25, 0.3) is 0 Å². The Morgan fingerprint density at radius 1 is 0.393 bits per heavy atom. The van der Waals surface area contributed by atoms with Gasteiger partial charge in [-0.3, -0.25) is 0 Å². The number of carboxylic acids is 5. The van der Waals surface area contributed by atoms with E-state index < -0.39 is 29.8 Å². The molecule has 0 aromatic rings. The van der Waals surface area contributed by atoms with Crippen LogP contribution in [0.1, 0.15) is 0 Å². The SMILES string of the molecule is C=CC(=O)O.C=CC(=O)O.C=CC(=O)O.C=CC(=O)O.C=CC(=O)O.[NaH].[NaH].[NaH]. The van der Waals surface area contributed by atoms with E-state index in [0.29, 0.717) is 0 Å². The Morgan fingerprint density at radius 2 is 0.429 bits per heavy atom. The van der Waals surface area contributed by atoms with Crippen LogP contribution in [0.5, 0.6) is 0 Å². The van der Waals surface area contributed by atoms with E-state index in [1.165, 1.54) is 0 Å². The maximum atomic E-state index is 9.25. The van der Waals surface area contributed by atoms with E-state index in [0.717, 1.165) is 30.4 Å². The fourth-order valence-corrected chi connectivity index (χ4v) is 0. The van der Waals surface area contributed by atoms with E-state index in [-0.39, 0.29) is 88.7 Å². The molecule has 0 radical (unpaired) electrons. The second-order valence-electron chi connectivity index (χ2n) is 2.71. The van der Waals surface area contributed by atoms with Gasteiger partial charge in [0.15, 0.2) is 0 Å². The topological polar surface area (TPSA) is 186 Å². The zero-order chi connectivity index (χ0) is 21.4. The average molecular weight is 432 g/mol. The Kier molecular flexibility index (Phi) is 81.4. The summed E-state index contributed by atoms with van der Waals surface area (Å²) in [6.07, 6.45) is 4.17. The van der Waals surface area contributed by atoms with Crippen molar-refractivity contribution in [3.8, 4) is 0 Å². The van der Waals surface area contributed by atoms with Crippen LogP contribution in [0.3, 0.4) is 0 Å². The van der Waals surface area contributed by atoms with Gasteiger partial charge in [0.25, 0.3) is 0 Å². The van der Waals surface area contributed by atoms with E-state index in [2.05, 4.69) is 32.9 Å². The van der Waals surface area contributed by atoms with Crippen LogP contribution in [0, 0.1) is 0 Å². The van der Waals surface area contributed by atoms with Crippen molar-refractivity contribution in [3.63, 3.8) is 0 Å². The molecule has 5 N–H and O–H groups in total. The molecule has 0 aliphatic carbocycles. The molecule has 0 spiro atoms. The van der Waals surface area contributed by atoms with Gasteiger partial charge in [0, 0.05) is 30.4 Å². The van der Waals surface area contributed by atoms with Gasteiger partial charge in [0.2, 0.25) is 0 Å². The van der Waals surface area contributed by atoms with E-state index in [1.807, 2.05) is 0 Å². The molecule has 0 unspecified atom stereocenters. The van der Waals surface area contributed by atoms with Gasteiger partial charge in [-0.15, -0.1) is 0 Å². The van der Waals surface area contributed by atoms with Crippen molar-refractivity contribution in [1.82, 2.24) is 0 Å². The van der Waals surface area contributed by atoms with Crippen molar-refractivity contribution in [2.75, 3.05) is 0 Å². The summed E-state index contributed by atoms with van der Waals surface area (Å²) in [4.78, 5) is 46.2. The average Bonchev–Trinajstić information content (AvgIpc) is 2.56. The first-order valence-electron chi connectivity index (χ1n) is 5.62. The van der Waals surface area contributed by atoms with Crippen LogP contribution in [-0.2, 0) is 24.0 Å². The zero-order valence-electron chi connectivity index (χ0n) is 13.2. The molecule has 0 aromatic carbocycles. The van der Waals surface area contributed by atoms with Gasteiger partial charge in [0.05, 0.1) is 0 Å². The predicted octanol–water partition coefficient (Wildman–Crippen LogP) is -0.660. The molecule has 0 amide bonds. The monoisotopic (exact) mass is 432 g/mol. The number of rotatable bonds is 5. The summed E-state index contributed by atoms with van der Waals surface area (Å²) in [5.74, 6) is -4.91. The Morgan fingerprint density at radius 3 is 0.429 bits per heavy atom. The van der Waals surface area contributed by atoms with Gasteiger partial charge < -0.3 is 25.5 Å². The van der Waals surface area contributed by atoms with Crippen molar-refractivity contribution >= 4 is 119 Å². The molecule has 0 saturated heterocycles. The van der Waals surface area contributed by atoms with Gasteiger partial charge in [-0.1, -0.05) is 32.9 Å². The van der Waals surface area contributed by atoms with Crippen LogP contribution in [0.15, 0.2) is 63.3 Å². The Labute approximate surface area is 228 Å². The molecule has 146 valence electrons. The summed E-state index contributed by atoms with van der Waals surface area (Å²) in [5.41, 5.74) is 0. The molecule has 28 heavy (non-hydrogen) atoms. The van der Waals surface area contributed by atoms with Gasteiger partial charge in [0.1, 0.15) is 0 Å². The second-order valence-corrected chi connectivity index (χ2v) is 2.71. The third kappa shape index (κ3) is 177. The number of carboxylic acid groups (broad SMARTS) is 5. The molecule has 0 heterocycles. The van der Waals surface area contributed by atoms with Gasteiger partial charge in [-0.05, 0) is 0 Å². The van der Waals surface area contributed by atoms with Crippen LogP contribution in [0.2, 0.25) is 0 Å². The first-order chi connectivity index (χ1) is 11.4. The van der Waals surface area contributed by atoms with E-state index >= 15 is 0 Å². The minimum atomic E-state index is -0.981. The number of hydrogen-bond acceptors (Lipinski definition) is 5. The van der Waals surface area contributed by atoms with Crippen LogP contribution in [-0.4, -0.2) is 144 Å². The van der Waals surface area contributed by atoms with Crippen molar-refractivity contribution in [2.24, 2.45) is 0 Å². The summed E-state index contributed by atoms with van der Waals surface area (Å²) in [5, 5.41) is 38.0. The van der Waals surface area contributed by atoms with E-state index in [9.17, 15) is 24.0 Å². The Hall–Kier alpha value is -0.950. The molecule has 0 aliphatic rings. The Bertz CT molecular complexity index is 398. The molecule has 0 rings (SSSR count). The predicted molar refractivity (Wildman–Crippen MR) is 111 cm³/mol. The molecule has 10 nitrogen and oxygen atoms in total. The first kappa shape index (κ1) is 50.6. The molecular weight excluding hydrogens is 409 g/mol. The van der Waals surface area contributed by atoms with Crippen LogP contribution in [0.4, 0.5) is 0 Å². The summed E-state index contributed by atoms with van der Waals surface area (Å²) >= 11 is 0. The molecule has 0 saturated carbocycles. The normalized spacial score (nSPS) is 5.71. The first-order valence-corrected chi connectivity index (χ1v) is 5.62. The standard InChI is InChI=1S/5C3H4O2.3Na.3H/c5*1-2-3(4)5;;;;;;/h5*2H,1H2,(H,4,5);;;;;;. The molecular formula is C15H23Na3O10. The number of carbonyl (C=O) groups is 5. The van der Waals surface area contributed by atoms with Gasteiger partial charge >= 0.3 is 119 Å². The number of hydrogen-bond donors (Lipinski definition) is 5. The summed E-state index contributed by atoms with van der Waals surface area (Å²) in [6.45, 7) is 14.8. The van der Waals surface area contributed by atoms with Crippen LogP contribution < -0.4 is 0 Å².